The normalized spacial score (nSPS) is 24.6. The number of nitrogens with zero attached hydrogens (tertiary/aromatic N) is 3. The van der Waals surface area contributed by atoms with Crippen LogP contribution < -0.4 is 4.74 Å². The van der Waals surface area contributed by atoms with Crippen LogP contribution in [-0.4, -0.2) is 53.1 Å². The zero-order valence-corrected chi connectivity index (χ0v) is 10.8. The van der Waals surface area contributed by atoms with E-state index in [4.69, 9.17) is 9.47 Å². The van der Waals surface area contributed by atoms with Crippen LogP contribution >= 0.6 is 0 Å². The molecule has 0 unspecified atom stereocenters. The zero-order valence-electron chi connectivity index (χ0n) is 10.8. The summed E-state index contributed by atoms with van der Waals surface area (Å²) in [7, 11) is 1.60. The Balaban J connectivity index is 1.97. The van der Waals surface area contributed by atoms with E-state index < -0.39 is 4.92 Å². The molecular weight excluding hydrogens is 266 g/mol. The minimum absolute atomic E-state index is 0.0271. The van der Waals surface area contributed by atoms with E-state index in [0.29, 0.717) is 19.6 Å². The number of aromatic nitrogens is 1. The van der Waals surface area contributed by atoms with Gasteiger partial charge in [0.2, 0.25) is 5.88 Å². The van der Waals surface area contributed by atoms with Gasteiger partial charge in [0.25, 0.3) is 11.6 Å². The highest BCUT2D eigenvalue weighted by Crippen LogP contribution is 2.30. The highest BCUT2D eigenvalue weighted by Gasteiger charge is 2.40. The van der Waals surface area contributed by atoms with Crippen molar-refractivity contribution in [3.8, 4) is 5.88 Å². The number of fused-ring (bicyclic) bond motifs is 2. The lowest BCUT2D eigenvalue weighted by Crippen LogP contribution is -2.37. The van der Waals surface area contributed by atoms with Crippen LogP contribution in [0.15, 0.2) is 12.3 Å². The predicted octanol–water partition coefficient (Wildman–Crippen LogP) is 0.612. The Labute approximate surface area is 114 Å². The monoisotopic (exact) mass is 279 g/mol. The van der Waals surface area contributed by atoms with Crippen LogP contribution in [0.25, 0.3) is 0 Å². The smallest absolute Gasteiger partial charge is 0.288 e. The summed E-state index contributed by atoms with van der Waals surface area (Å²) >= 11 is 0. The molecule has 0 N–H and O–H groups in total. The Bertz CT molecular complexity index is 576. The van der Waals surface area contributed by atoms with Crippen LogP contribution in [0.2, 0.25) is 0 Å². The first-order valence-electron chi connectivity index (χ1n) is 6.21. The van der Waals surface area contributed by atoms with Gasteiger partial charge in [0.05, 0.1) is 17.1 Å². The van der Waals surface area contributed by atoms with Crippen LogP contribution in [0.4, 0.5) is 5.69 Å². The maximum atomic E-state index is 12.5. The lowest BCUT2D eigenvalue weighted by molar-refractivity contribution is -0.385. The molecule has 1 fully saturated rings. The molecule has 20 heavy (non-hydrogen) atoms. The summed E-state index contributed by atoms with van der Waals surface area (Å²) < 4.78 is 10.8. The largest absolute Gasteiger partial charge is 0.475 e. The Morgan fingerprint density at radius 3 is 3.10 bits per heavy atom. The summed E-state index contributed by atoms with van der Waals surface area (Å²) in [6.07, 6.45) is 1.76. The van der Waals surface area contributed by atoms with Gasteiger partial charge in [0, 0.05) is 19.7 Å². The summed E-state index contributed by atoms with van der Waals surface area (Å²) in [5.74, 6) is -0.137. The SMILES string of the molecule is CO[C@H]1C[C@@H]2COc3ncc([N+](=O)[O-])cc3C(=O)N2C1. The van der Waals surface area contributed by atoms with E-state index in [0.717, 1.165) is 6.20 Å². The second-order valence-electron chi connectivity index (χ2n) is 4.82. The first kappa shape index (κ1) is 12.8. The van der Waals surface area contributed by atoms with E-state index in [1.165, 1.54) is 6.07 Å². The fourth-order valence-electron chi connectivity index (χ4n) is 2.59. The fraction of sp³-hybridized carbons (Fsp3) is 0.500. The Morgan fingerprint density at radius 2 is 2.40 bits per heavy atom. The lowest BCUT2D eigenvalue weighted by atomic mass is 10.2. The third kappa shape index (κ3) is 1.97. The van der Waals surface area contributed by atoms with Gasteiger partial charge in [-0.2, -0.15) is 0 Å². The molecule has 3 rings (SSSR count). The molecule has 0 bridgehead atoms. The number of amides is 1. The number of methoxy groups -OCH3 is 1. The molecule has 1 amide bonds. The van der Waals surface area contributed by atoms with Gasteiger partial charge in [0.1, 0.15) is 18.4 Å². The summed E-state index contributed by atoms with van der Waals surface area (Å²) in [5, 5.41) is 10.8. The van der Waals surface area contributed by atoms with Gasteiger partial charge in [-0.3, -0.25) is 14.9 Å². The van der Waals surface area contributed by atoms with Crippen molar-refractivity contribution in [1.82, 2.24) is 9.88 Å². The summed E-state index contributed by atoms with van der Waals surface area (Å²) in [5.41, 5.74) is -0.0832. The average molecular weight is 279 g/mol. The van der Waals surface area contributed by atoms with Crippen molar-refractivity contribution in [2.75, 3.05) is 20.3 Å². The van der Waals surface area contributed by atoms with Crippen LogP contribution in [-0.2, 0) is 4.74 Å². The number of nitro groups is 1. The average Bonchev–Trinajstić information content (AvgIpc) is 2.82. The summed E-state index contributed by atoms with van der Waals surface area (Å²) in [6.45, 7) is 0.787. The molecule has 2 aliphatic heterocycles. The van der Waals surface area contributed by atoms with Crippen LogP contribution in [0.3, 0.4) is 0 Å². The maximum Gasteiger partial charge on any atom is 0.288 e. The molecule has 2 aliphatic rings. The Morgan fingerprint density at radius 1 is 1.60 bits per heavy atom. The molecule has 0 aromatic carbocycles. The summed E-state index contributed by atoms with van der Waals surface area (Å²) in [6, 6.07) is 1.13. The van der Waals surface area contributed by atoms with Gasteiger partial charge >= 0.3 is 0 Å². The van der Waals surface area contributed by atoms with Crippen molar-refractivity contribution in [2.45, 2.75) is 18.6 Å². The second kappa shape index (κ2) is 4.71. The molecule has 1 saturated heterocycles. The van der Waals surface area contributed by atoms with E-state index in [9.17, 15) is 14.9 Å². The number of ether oxygens (including phenoxy) is 2. The second-order valence-corrected chi connectivity index (χ2v) is 4.82. The minimum atomic E-state index is -0.578. The maximum absolute atomic E-state index is 12.5. The molecule has 2 atom stereocenters. The summed E-state index contributed by atoms with van der Waals surface area (Å²) in [4.78, 5) is 28.2. The van der Waals surface area contributed by atoms with Crippen molar-refractivity contribution in [2.24, 2.45) is 0 Å². The molecule has 3 heterocycles. The molecular formula is C12H13N3O5. The molecule has 0 spiro atoms. The molecule has 0 aliphatic carbocycles. The van der Waals surface area contributed by atoms with Crippen LogP contribution in [0.1, 0.15) is 16.8 Å². The number of carbonyl (C=O) groups excluding carboxylic acids is 1. The number of rotatable bonds is 2. The third-order valence-electron chi connectivity index (χ3n) is 3.66. The first-order valence-corrected chi connectivity index (χ1v) is 6.21. The highest BCUT2D eigenvalue weighted by atomic mass is 16.6. The highest BCUT2D eigenvalue weighted by molar-refractivity contribution is 5.97. The van der Waals surface area contributed by atoms with Gasteiger partial charge in [0.15, 0.2) is 0 Å². The first-order chi connectivity index (χ1) is 9.60. The van der Waals surface area contributed by atoms with E-state index in [1.54, 1.807) is 12.0 Å². The van der Waals surface area contributed by atoms with Gasteiger partial charge in [-0.05, 0) is 6.42 Å². The van der Waals surface area contributed by atoms with Crippen LogP contribution in [0.5, 0.6) is 5.88 Å². The fourth-order valence-corrected chi connectivity index (χ4v) is 2.59. The number of hydrogen-bond acceptors (Lipinski definition) is 6. The standard InChI is InChI=1S/C12H13N3O5/c1-19-9-2-8-6-20-11-10(12(16)14(8)5-9)3-7(4-13-11)15(17)18/h3-4,8-9H,2,5-6H2,1H3/t8-,9+/m1/s1. The van der Waals surface area contributed by atoms with E-state index >= 15 is 0 Å². The third-order valence-corrected chi connectivity index (χ3v) is 3.66. The zero-order chi connectivity index (χ0) is 14.3. The van der Waals surface area contributed by atoms with E-state index in [2.05, 4.69) is 4.98 Å². The van der Waals surface area contributed by atoms with Gasteiger partial charge < -0.3 is 14.4 Å². The van der Waals surface area contributed by atoms with Crippen molar-refractivity contribution >= 4 is 11.6 Å². The van der Waals surface area contributed by atoms with Gasteiger partial charge in [-0.1, -0.05) is 0 Å². The number of hydrogen-bond donors (Lipinski definition) is 0. The molecule has 1 aromatic rings. The molecule has 1 aromatic heterocycles. The van der Waals surface area contributed by atoms with Crippen molar-refractivity contribution in [1.29, 1.82) is 0 Å². The predicted molar refractivity (Wildman–Crippen MR) is 66.6 cm³/mol. The van der Waals surface area contributed by atoms with E-state index in [-0.39, 0.29) is 35.2 Å². The van der Waals surface area contributed by atoms with Crippen molar-refractivity contribution in [3.05, 3.63) is 27.9 Å². The van der Waals surface area contributed by atoms with Gasteiger partial charge in [-0.15, -0.1) is 0 Å². The molecule has 106 valence electrons. The molecule has 0 radical (unpaired) electrons. The molecule has 0 saturated carbocycles. The molecule has 8 heteroatoms. The Kier molecular flexibility index (Phi) is 3.01. The lowest BCUT2D eigenvalue weighted by Gasteiger charge is -2.19. The number of carbonyl (C=O) groups is 1. The Hall–Kier alpha value is -2.22. The number of pyridine rings is 1. The van der Waals surface area contributed by atoms with Crippen molar-refractivity contribution in [3.63, 3.8) is 0 Å². The van der Waals surface area contributed by atoms with Gasteiger partial charge in [-0.25, -0.2) is 4.98 Å². The quantitative estimate of drug-likeness (QED) is 0.581. The molecule has 8 nitrogen and oxygen atoms in total. The minimum Gasteiger partial charge on any atom is -0.475 e. The van der Waals surface area contributed by atoms with Crippen molar-refractivity contribution < 1.29 is 19.2 Å². The van der Waals surface area contributed by atoms with Crippen LogP contribution in [0, 0.1) is 10.1 Å². The van der Waals surface area contributed by atoms with E-state index in [1.807, 2.05) is 0 Å². The topological polar surface area (TPSA) is 94.8 Å².